The molecule has 0 aliphatic heterocycles. The molecule has 20 heteroatoms. The first-order valence-electron chi connectivity index (χ1n) is 12.6. The van der Waals surface area contributed by atoms with E-state index in [2.05, 4.69) is 0 Å². The SMILES string of the molecule is COc1cc(Oc2ccc(Cl)cc2Cl)ccc1[N+](=O)[O-].CS(=O)(=O)NC(=O)c1cc(Oc2ccc(C(F)(F)F)cc2Cl)ccc1[N+](=O)[O-]. The highest BCUT2D eigenvalue weighted by atomic mass is 35.5. The smallest absolute Gasteiger partial charge is 0.416 e. The van der Waals surface area contributed by atoms with E-state index in [0.29, 0.717) is 39.9 Å². The lowest BCUT2D eigenvalue weighted by Gasteiger charge is -2.12. The normalized spacial score (nSPS) is 11.1. The molecule has 0 aromatic heterocycles. The number of ether oxygens (including phenoxy) is 3. The van der Waals surface area contributed by atoms with Crippen LogP contribution in [0.2, 0.25) is 15.1 Å². The second-order valence-electron chi connectivity index (χ2n) is 9.15. The summed E-state index contributed by atoms with van der Waals surface area (Å²) in [6.07, 6.45) is -3.94. The average Bonchev–Trinajstić information content (AvgIpc) is 2.98. The number of nitro benzene ring substituents is 2. The van der Waals surface area contributed by atoms with Crippen molar-refractivity contribution in [3.05, 3.63) is 119 Å². The van der Waals surface area contributed by atoms with Gasteiger partial charge in [-0.15, -0.1) is 0 Å². The van der Waals surface area contributed by atoms with Gasteiger partial charge in [-0.25, -0.2) is 13.1 Å². The Labute approximate surface area is 284 Å². The molecule has 0 heterocycles. The zero-order valence-corrected chi connectivity index (χ0v) is 27.2. The summed E-state index contributed by atoms with van der Waals surface area (Å²) in [5.74, 6) is -0.803. The number of nitro groups is 2. The van der Waals surface area contributed by atoms with Gasteiger partial charge in [0.05, 0.1) is 38.8 Å². The number of hydrogen-bond donors (Lipinski definition) is 1. The minimum Gasteiger partial charge on any atom is -0.490 e. The molecular weight excluding hydrogens is 734 g/mol. The summed E-state index contributed by atoms with van der Waals surface area (Å²) in [5.41, 5.74) is -2.48. The molecule has 0 spiro atoms. The van der Waals surface area contributed by atoms with Crippen molar-refractivity contribution >= 4 is 62.1 Å². The van der Waals surface area contributed by atoms with Crippen LogP contribution in [0.15, 0.2) is 72.8 Å². The van der Waals surface area contributed by atoms with Gasteiger partial charge in [0.2, 0.25) is 15.8 Å². The lowest BCUT2D eigenvalue weighted by atomic mass is 10.1. The minimum atomic E-state index is -4.62. The summed E-state index contributed by atoms with van der Waals surface area (Å²) >= 11 is 17.5. The number of amides is 1. The molecule has 48 heavy (non-hydrogen) atoms. The molecule has 0 aliphatic rings. The van der Waals surface area contributed by atoms with Gasteiger partial charge < -0.3 is 14.2 Å². The third kappa shape index (κ3) is 10.3. The fourth-order valence-corrected chi connectivity index (χ4v) is 4.70. The van der Waals surface area contributed by atoms with Crippen LogP contribution in [0.5, 0.6) is 28.7 Å². The quantitative estimate of drug-likeness (QED) is 0.129. The third-order valence-corrected chi connectivity index (χ3v) is 7.03. The molecule has 1 N–H and O–H groups in total. The lowest BCUT2D eigenvalue weighted by Crippen LogP contribution is -2.29. The number of benzene rings is 4. The summed E-state index contributed by atoms with van der Waals surface area (Å²) in [5, 5.41) is 22.3. The zero-order chi connectivity index (χ0) is 36.0. The van der Waals surface area contributed by atoms with Crippen molar-refractivity contribution in [1.29, 1.82) is 0 Å². The zero-order valence-electron chi connectivity index (χ0n) is 24.1. The summed E-state index contributed by atoms with van der Waals surface area (Å²) in [7, 11) is -2.65. The number of methoxy groups -OCH3 is 1. The Morgan fingerprint density at radius 1 is 0.771 bits per heavy atom. The van der Waals surface area contributed by atoms with E-state index in [-0.39, 0.29) is 22.9 Å². The van der Waals surface area contributed by atoms with Crippen LogP contribution in [-0.4, -0.2) is 37.5 Å². The van der Waals surface area contributed by atoms with Crippen molar-refractivity contribution < 1.29 is 50.4 Å². The van der Waals surface area contributed by atoms with Gasteiger partial charge in [0, 0.05) is 29.3 Å². The van der Waals surface area contributed by atoms with Crippen LogP contribution in [0.25, 0.3) is 0 Å². The van der Waals surface area contributed by atoms with E-state index in [1.165, 1.54) is 25.3 Å². The molecule has 0 saturated heterocycles. The van der Waals surface area contributed by atoms with Crippen LogP contribution in [0.1, 0.15) is 15.9 Å². The molecule has 0 unspecified atom stereocenters. The number of sulfonamides is 1. The highest BCUT2D eigenvalue weighted by molar-refractivity contribution is 7.89. The molecule has 0 radical (unpaired) electrons. The Kier molecular flexibility index (Phi) is 12.0. The number of alkyl halides is 3. The van der Waals surface area contributed by atoms with Crippen molar-refractivity contribution in [2.24, 2.45) is 0 Å². The maximum atomic E-state index is 12.7. The predicted molar refractivity (Wildman–Crippen MR) is 168 cm³/mol. The fourth-order valence-electron chi connectivity index (χ4n) is 3.59. The summed E-state index contributed by atoms with van der Waals surface area (Å²) in [4.78, 5) is 32.4. The monoisotopic (exact) mass is 751 g/mol. The number of nitrogens with one attached hydrogen (secondary N) is 1. The van der Waals surface area contributed by atoms with Gasteiger partial charge >= 0.3 is 11.9 Å². The third-order valence-electron chi connectivity index (χ3n) is 5.64. The van der Waals surface area contributed by atoms with Gasteiger partial charge in [-0.1, -0.05) is 34.8 Å². The summed E-state index contributed by atoms with van der Waals surface area (Å²) < 4.78 is 77.7. The largest absolute Gasteiger partial charge is 0.490 e. The van der Waals surface area contributed by atoms with Crippen LogP contribution in [0.3, 0.4) is 0 Å². The molecule has 0 bridgehead atoms. The van der Waals surface area contributed by atoms with Gasteiger partial charge in [-0.05, 0) is 48.5 Å². The van der Waals surface area contributed by atoms with Crippen molar-refractivity contribution in [2.75, 3.05) is 13.4 Å². The molecule has 4 rings (SSSR count). The molecule has 0 saturated carbocycles. The second kappa shape index (κ2) is 15.4. The predicted octanol–water partition coefficient (Wildman–Crippen LogP) is 8.45. The van der Waals surface area contributed by atoms with Gasteiger partial charge in [0.1, 0.15) is 28.6 Å². The van der Waals surface area contributed by atoms with E-state index in [4.69, 9.17) is 49.0 Å². The van der Waals surface area contributed by atoms with Crippen LogP contribution < -0.4 is 18.9 Å². The van der Waals surface area contributed by atoms with Crippen molar-refractivity contribution in [3.63, 3.8) is 0 Å². The number of hydrogen-bond acceptors (Lipinski definition) is 10. The average molecular weight is 753 g/mol. The first-order chi connectivity index (χ1) is 22.3. The minimum absolute atomic E-state index is 0.109. The van der Waals surface area contributed by atoms with Crippen molar-refractivity contribution in [3.8, 4) is 28.7 Å². The van der Waals surface area contributed by atoms with Crippen LogP contribution in [0, 0.1) is 20.2 Å². The number of carbonyl (C=O) groups excluding carboxylic acids is 1. The van der Waals surface area contributed by atoms with E-state index < -0.39 is 53.8 Å². The Hall–Kier alpha value is -4.84. The van der Waals surface area contributed by atoms with E-state index >= 15 is 0 Å². The molecule has 0 aliphatic carbocycles. The molecule has 0 atom stereocenters. The molecule has 1 amide bonds. The van der Waals surface area contributed by atoms with E-state index in [0.717, 1.165) is 24.3 Å². The number of halogens is 6. The first-order valence-corrected chi connectivity index (χ1v) is 15.6. The van der Waals surface area contributed by atoms with Crippen molar-refractivity contribution in [2.45, 2.75) is 6.18 Å². The molecule has 0 fully saturated rings. The van der Waals surface area contributed by atoms with E-state index in [1.807, 2.05) is 0 Å². The van der Waals surface area contributed by atoms with Crippen molar-refractivity contribution in [1.82, 2.24) is 4.72 Å². The van der Waals surface area contributed by atoms with Crippen LogP contribution >= 0.6 is 34.8 Å². The van der Waals surface area contributed by atoms with Crippen LogP contribution in [0.4, 0.5) is 24.5 Å². The number of carbonyl (C=O) groups is 1. The Morgan fingerprint density at radius 3 is 1.77 bits per heavy atom. The van der Waals surface area contributed by atoms with E-state index in [9.17, 15) is 46.6 Å². The molecule has 13 nitrogen and oxygen atoms in total. The lowest BCUT2D eigenvalue weighted by molar-refractivity contribution is -0.385. The topological polar surface area (TPSA) is 177 Å². The maximum absolute atomic E-state index is 12.7. The first kappa shape index (κ1) is 37.6. The molecule has 4 aromatic rings. The Morgan fingerprint density at radius 2 is 1.29 bits per heavy atom. The van der Waals surface area contributed by atoms with Gasteiger partial charge in [-0.3, -0.25) is 25.0 Å². The molecular formula is C28H19Cl3F3N3O10S. The standard InChI is InChI=1S/C15H10ClF3N2O6S.C13H9Cl2NO4/c1-28(25,26)20-14(22)10-7-9(3-4-12(10)21(23)24)27-13-5-2-8(6-11(13)16)15(17,18)19;1-19-13-7-9(3-4-11(13)16(17)18)20-12-5-2-8(14)6-10(12)15/h2-7H,1H3,(H,20,22);2-7H,1H3. The Balaban J connectivity index is 0.000000275. The number of rotatable bonds is 9. The van der Waals surface area contributed by atoms with Crippen LogP contribution in [-0.2, 0) is 16.2 Å². The highest BCUT2D eigenvalue weighted by Crippen LogP contribution is 2.38. The summed E-state index contributed by atoms with van der Waals surface area (Å²) in [6, 6.07) is 14.1. The molecule has 4 aromatic carbocycles. The van der Waals surface area contributed by atoms with E-state index in [1.54, 1.807) is 22.9 Å². The Bertz CT molecular complexity index is 2000. The maximum Gasteiger partial charge on any atom is 0.416 e. The second-order valence-corrected chi connectivity index (χ2v) is 12.2. The highest BCUT2D eigenvalue weighted by Gasteiger charge is 2.31. The number of nitrogens with zero attached hydrogens (tertiary/aromatic N) is 2. The fraction of sp³-hybridized carbons (Fsp3) is 0.107. The van der Waals surface area contributed by atoms with Gasteiger partial charge in [-0.2, -0.15) is 13.2 Å². The van der Waals surface area contributed by atoms with Gasteiger partial charge in [0.25, 0.3) is 11.6 Å². The van der Waals surface area contributed by atoms with Gasteiger partial charge in [0.15, 0.2) is 0 Å². The summed E-state index contributed by atoms with van der Waals surface area (Å²) in [6.45, 7) is 0. The molecule has 254 valence electrons.